The van der Waals surface area contributed by atoms with E-state index in [1.165, 1.54) is 12.8 Å². The standard InChI is InChI=1S/C24H31N5O2/c1-4-14-25-21-12-8-18(16-26-21)20-13-15-29-23(20)24(31-3)27-22(28-29)11-7-17-5-9-19(30-2)10-6-17/h4,8,12-17,19H,5-7,9-11H2,1-3H3,(H,25,26)/b14-4-. The summed E-state index contributed by atoms with van der Waals surface area (Å²) in [6.07, 6.45) is 14.8. The van der Waals surface area contributed by atoms with Crippen molar-refractivity contribution in [1.82, 2.24) is 19.6 Å². The highest BCUT2D eigenvalue weighted by molar-refractivity contribution is 5.84. The van der Waals surface area contributed by atoms with Gasteiger partial charge in [0.1, 0.15) is 11.3 Å². The normalized spacial score (nSPS) is 19.2. The van der Waals surface area contributed by atoms with Crippen molar-refractivity contribution in [2.24, 2.45) is 5.92 Å². The largest absolute Gasteiger partial charge is 0.479 e. The lowest BCUT2D eigenvalue weighted by molar-refractivity contribution is 0.0555. The van der Waals surface area contributed by atoms with Gasteiger partial charge in [-0.05, 0) is 69.3 Å². The molecule has 0 amide bonds. The van der Waals surface area contributed by atoms with Gasteiger partial charge >= 0.3 is 0 Å². The maximum absolute atomic E-state index is 5.66. The molecule has 164 valence electrons. The summed E-state index contributed by atoms with van der Waals surface area (Å²) in [5.74, 6) is 2.95. The van der Waals surface area contributed by atoms with Crippen LogP contribution in [0.25, 0.3) is 16.6 Å². The van der Waals surface area contributed by atoms with Crippen LogP contribution in [0.2, 0.25) is 0 Å². The molecule has 0 spiro atoms. The minimum Gasteiger partial charge on any atom is -0.479 e. The number of nitrogens with zero attached hydrogens (tertiary/aromatic N) is 4. The van der Waals surface area contributed by atoms with E-state index in [0.29, 0.717) is 12.0 Å². The van der Waals surface area contributed by atoms with Gasteiger partial charge in [0, 0.05) is 37.1 Å². The summed E-state index contributed by atoms with van der Waals surface area (Å²) >= 11 is 0. The van der Waals surface area contributed by atoms with E-state index in [9.17, 15) is 0 Å². The van der Waals surface area contributed by atoms with E-state index in [4.69, 9.17) is 19.6 Å². The summed E-state index contributed by atoms with van der Waals surface area (Å²) < 4.78 is 13.0. The smallest absolute Gasteiger partial charge is 0.242 e. The van der Waals surface area contributed by atoms with Gasteiger partial charge in [-0.3, -0.25) is 0 Å². The summed E-state index contributed by atoms with van der Waals surface area (Å²) in [5.41, 5.74) is 2.87. The minimum absolute atomic E-state index is 0.435. The van der Waals surface area contributed by atoms with Gasteiger partial charge < -0.3 is 14.8 Å². The number of hydrogen-bond donors (Lipinski definition) is 1. The molecule has 3 aromatic heterocycles. The molecule has 0 aromatic carbocycles. The van der Waals surface area contributed by atoms with Gasteiger partial charge in [-0.2, -0.15) is 10.1 Å². The number of rotatable bonds is 8. The number of methoxy groups -OCH3 is 2. The lowest BCUT2D eigenvalue weighted by Gasteiger charge is -2.27. The SMILES string of the molecule is C/C=C\Nc1ccc(-c2ccn3nc(CCC4CCC(OC)CC4)nc(OC)c23)cn1. The van der Waals surface area contributed by atoms with Crippen LogP contribution < -0.4 is 10.1 Å². The first-order valence-corrected chi connectivity index (χ1v) is 11.0. The molecule has 0 unspecified atom stereocenters. The zero-order chi connectivity index (χ0) is 21.6. The van der Waals surface area contributed by atoms with Crippen LogP contribution >= 0.6 is 0 Å². The van der Waals surface area contributed by atoms with Crippen molar-refractivity contribution in [3.05, 3.63) is 48.7 Å². The molecule has 1 N–H and O–H groups in total. The van der Waals surface area contributed by atoms with Crippen molar-refractivity contribution < 1.29 is 9.47 Å². The van der Waals surface area contributed by atoms with E-state index in [1.54, 1.807) is 7.11 Å². The molecule has 0 radical (unpaired) electrons. The molecular weight excluding hydrogens is 390 g/mol. The van der Waals surface area contributed by atoms with Crippen molar-refractivity contribution in [3.8, 4) is 17.0 Å². The van der Waals surface area contributed by atoms with E-state index in [2.05, 4.69) is 10.3 Å². The van der Waals surface area contributed by atoms with Crippen LogP contribution in [-0.4, -0.2) is 39.9 Å². The van der Waals surface area contributed by atoms with E-state index in [-0.39, 0.29) is 0 Å². The van der Waals surface area contributed by atoms with Crippen molar-refractivity contribution in [1.29, 1.82) is 0 Å². The van der Waals surface area contributed by atoms with Crippen molar-refractivity contribution in [2.45, 2.75) is 51.6 Å². The molecule has 1 aliphatic rings. The fourth-order valence-electron chi connectivity index (χ4n) is 4.31. The van der Waals surface area contributed by atoms with Crippen LogP contribution in [0.1, 0.15) is 44.9 Å². The maximum atomic E-state index is 5.66. The van der Waals surface area contributed by atoms with Gasteiger partial charge in [0.25, 0.3) is 0 Å². The van der Waals surface area contributed by atoms with Gasteiger partial charge in [0.15, 0.2) is 5.82 Å². The monoisotopic (exact) mass is 421 g/mol. The van der Waals surface area contributed by atoms with E-state index in [1.807, 2.05) is 61.4 Å². The van der Waals surface area contributed by atoms with Crippen LogP contribution in [-0.2, 0) is 11.2 Å². The number of pyridine rings is 1. The fourth-order valence-corrected chi connectivity index (χ4v) is 4.31. The minimum atomic E-state index is 0.435. The topological polar surface area (TPSA) is 73.6 Å². The summed E-state index contributed by atoms with van der Waals surface area (Å²) in [4.78, 5) is 9.21. The third kappa shape index (κ3) is 4.88. The molecule has 0 aliphatic heterocycles. The number of nitrogens with one attached hydrogen (secondary N) is 1. The molecule has 1 fully saturated rings. The second kappa shape index (κ2) is 9.92. The Morgan fingerprint density at radius 3 is 2.68 bits per heavy atom. The molecule has 4 rings (SSSR count). The predicted molar refractivity (Wildman–Crippen MR) is 122 cm³/mol. The third-order valence-electron chi connectivity index (χ3n) is 6.09. The molecule has 0 bridgehead atoms. The molecule has 3 heterocycles. The number of allylic oxidation sites excluding steroid dienone is 1. The second-order valence-corrected chi connectivity index (χ2v) is 8.05. The molecule has 0 saturated heterocycles. The Morgan fingerprint density at radius 1 is 1.16 bits per heavy atom. The highest BCUT2D eigenvalue weighted by Gasteiger charge is 2.21. The first-order chi connectivity index (χ1) is 15.2. The zero-order valence-corrected chi connectivity index (χ0v) is 18.5. The predicted octanol–water partition coefficient (Wildman–Crippen LogP) is 4.88. The molecule has 0 atom stereocenters. The number of hydrogen-bond acceptors (Lipinski definition) is 6. The number of ether oxygens (including phenoxy) is 2. The molecule has 7 heteroatoms. The van der Waals surface area contributed by atoms with Gasteiger partial charge in [-0.1, -0.05) is 6.08 Å². The molecule has 31 heavy (non-hydrogen) atoms. The Hall–Kier alpha value is -2.93. The highest BCUT2D eigenvalue weighted by Crippen LogP contribution is 2.32. The Labute approximate surface area is 183 Å². The average Bonchev–Trinajstić information content (AvgIpc) is 3.25. The van der Waals surface area contributed by atoms with Crippen LogP contribution in [0.15, 0.2) is 42.9 Å². The summed E-state index contributed by atoms with van der Waals surface area (Å²) in [7, 11) is 3.48. The van der Waals surface area contributed by atoms with Crippen molar-refractivity contribution >= 4 is 11.3 Å². The number of fused-ring (bicyclic) bond motifs is 1. The fraction of sp³-hybridized carbons (Fsp3) is 0.458. The number of aromatic nitrogens is 4. The van der Waals surface area contributed by atoms with Crippen LogP contribution in [0, 0.1) is 5.92 Å². The van der Waals surface area contributed by atoms with E-state index >= 15 is 0 Å². The molecule has 1 saturated carbocycles. The Morgan fingerprint density at radius 2 is 2.00 bits per heavy atom. The maximum Gasteiger partial charge on any atom is 0.242 e. The van der Waals surface area contributed by atoms with Gasteiger partial charge in [0.05, 0.1) is 13.2 Å². The highest BCUT2D eigenvalue weighted by atomic mass is 16.5. The Bertz CT molecular complexity index is 1020. The molecule has 3 aromatic rings. The molecular formula is C24H31N5O2. The van der Waals surface area contributed by atoms with Gasteiger partial charge in [-0.25, -0.2) is 9.50 Å². The summed E-state index contributed by atoms with van der Waals surface area (Å²) in [6, 6.07) is 6.04. The molecule has 7 nitrogen and oxygen atoms in total. The van der Waals surface area contributed by atoms with Crippen LogP contribution in [0.3, 0.4) is 0 Å². The van der Waals surface area contributed by atoms with Crippen LogP contribution in [0.5, 0.6) is 5.88 Å². The quantitative estimate of drug-likeness (QED) is 0.559. The summed E-state index contributed by atoms with van der Waals surface area (Å²) in [6.45, 7) is 1.96. The third-order valence-corrected chi connectivity index (χ3v) is 6.09. The number of aryl methyl sites for hydroxylation is 1. The Kier molecular flexibility index (Phi) is 6.82. The number of anilines is 1. The van der Waals surface area contributed by atoms with E-state index < -0.39 is 0 Å². The van der Waals surface area contributed by atoms with Crippen molar-refractivity contribution in [2.75, 3.05) is 19.5 Å². The summed E-state index contributed by atoms with van der Waals surface area (Å²) in [5, 5.41) is 7.89. The average molecular weight is 422 g/mol. The van der Waals surface area contributed by atoms with Crippen molar-refractivity contribution in [3.63, 3.8) is 0 Å². The van der Waals surface area contributed by atoms with E-state index in [0.717, 1.165) is 59.9 Å². The lowest BCUT2D eigenvalue weighted by atomic mass is 9.84. The first-order valence-electron chi connectivity index (χ1n) is 11.0. The van der Waals surface area contributed by atoms with Crippen LogP contribution in [0.4, 0.5) is 5.82 Å². The van der Waals surface area contributed by atoms with Gasteiger partial charge in [-0.15, -0.1) is 0 Å². The zero-order valence-electron chi connectivity index (χ0n) is 18.5. The Balaban J connectivity index is 1.51. The lowest BCUT2D eigenvalue weighted by Crippen LogP contribution is -2.21. The second-order valence-electron chi connectivity index (χ2n) is 8.05. The first kappa shape index (κ1) is 21.3. The van der Waals surface area contributed by atoms with Gasteiger partial charge in [0.2, 0.25) is 5.88 Å². The molecule has 1 aliphatic carbocycles.